The molecule has 4 heteroatoms. The summed E-state index contributed by atoms with van der Waals surface area (Å²) in [5.41, 5.74) is 0.428. The van der Waals surface area contributed by atoms with Crippen LogP contribution in [0.1, 0.15) is 68.3 Å². The molecule has 2 fully saturated rings. The van der Waals surface area contributed by atoms with Gasteiger partial charge in [-0.1, -0.05) is 0 Å². The van der Waals surface area contributed by atoms with Crippen LogP contribution in [-0.4, -0.2) is 6.29 Å². The molecule has 0 heterocycles. The molecule has 1 nitrogen and oxygen atoms in total. The van der Waals surface area contributed by atoms with Gasteiger partial charge in [-0.15, -0.1) is 0 Å². The highest BCUT2D eigenvalue weighted by molar-refractivity contribution is 5.53. The number of hydrogen-bond acceptors (Lipinski definition) is 1. The highest BCUT2D eigenvalue weighted by atomic mass is 19.2. The van der Waals surface area contributed by atoms with E-state index in [1.165, 1.54) is 0 Å². The number of benzene rings is 1. The Morgan fingerprint density at radius 2 is 1.61 bits per heavy atom. The van der Waals surface area contributed by atoms with Crippen molar-refractivity contribution in [2.45, 2.75) is 57.2 Å². The standard InChI is InChI=1S/C19H23F3O/c20-17-9-16(10-18(21)19(17)22)15-7-5-14(6-8-15)13-3-1-12(11-23)2-4-13/h9-15H,1-8H2/i1D2,3D,12D. The molecule has 0 spiro atoms. The summed E-state index contributed by atoms with van der Waals surface area (Å²) in [6, 6.07) is 2.07. The molecule has 23 heavy (non-hydrogen) atoms. The molecule has 2 saturated carbocycles. The molecular weight excluding hydrogens is 301 g/mol. The third-order valence-electron chi connectivity index (χ3n) is 5.23. The van der Waals surface area contributed by atoms with E-state index in [-0.39, 0.29) is 24.2 Å². The zero-order valence-electron chi connectivity index (χ0n) is 16.8. The van der Waals surface area contributed by atoms with E-state index in [1.54, 1.807) is 0 Å². The number of rotatable bonds is 3. The molecule has 0 saturated heterocycles. The van der Waals surface area contributed by atoms with Crippen molar-refractivity contribution in [1.82, 2.24) is 0 Å². The molecule has 1 aromatic rings. The fourth-order valence-corrected chi connectivity index (χ4v) is 3.85. The third kappa shape index (κ3) is 3.61. The Bertz CT molecular complexity index is 698. The number of hydrogen-bond donors (Lipinski definition) is 0. The molecule has 3 rings (SSSR count). The van der Waals surface area contributed by atoms with Gasteiger partial charge in [0.25, 0.3) is 0 Å². The molecule has 0 bridgehead atoms. The molecule has 2 aliphatic carbocycles. The molecular formula is C19H23F3O. The second-order valence-electron chi connectivity index (χ2n) is 6.57. The fourth-order valence-electron chi connectivity index (χ4n) is 3.85. The lowest BCUT2D eigenvalue weighted by molar-refractivity contribution is -0.112. The smallest absolute Gasteiger partial charge is 0.194 e. The van der Waals surface area contributed by atoms with Gasteiger partial charge in [-0.3, -0.25) is 0 Å². The lowest BCUT2D eigenvalue weighted by Gasteiger charge is -2.37. The summed E-state index contributed by atoms with van der Waals surface area (Å²) in [5, 5.41) is 0. The first-order valence-corrected chi connectivity index (χ1v) is 8.13. The second kappa shape index (κ2) is 7.06. The summed E-state index contributed by atoms with van der Waals surface area (Å²) in [7, 11) is 0. The van der Waals surface area contributed by atoms with Gasteiger partial charge in [0.05, 0.1) is 0 Å². The molecule has 0 aromatic heterocycles. The van der Waals surface area contributed by atoms with Crippen LogP contribution < -0.4 is 0 Å². The Balaban J connectivity index is 1.69. The summed E-state index contributed by atoms with van der Waals surface area (Å²) >= 11 is 0. The maximum Gasteiger partial charge on any atom is 0.194 e. The van der Waals surface area contributed by atoms with Crippen LogP contribution in [0.25, 0.3) is 0 Å². The van der Waals surface area contributed by atoms with E-state index >= 15 is 0 Å². The first kappa shape index (κ1) is 12.1. The lowest BCUT2D eigenvalue weighted by Crippen LogP contribution is -2.25. The average molecular weight is 328 g/mol. The normalized spacial score (nSPS) is 42.9. The van der Waals surface area contributed by atoms with E-state index in [2.05, 4.69) is 0 Å². The predicted molar refractivity (Wildman–Crippen MR) is 82.5 cm³/mol. The molecule has 126 valence electrons. The molecule has 0 aliphatic heterocycles. The van der Waals surface area contributed by atoms with Gasteiger partial charge in [-0.05, 0) is 86.7 Å². The Morgan fingerprint density at radius 3 is 2.22 bits per heavy atom. The van der Waals surface area contributed by atoms with E-state index in [4.69, 9.17) is 5.48 Å². The van der Waals surface area contributed by atoms with Crippen LogP contribution >= 0.6 is 0 Å². The fraction of sp³-hybridized carbons (Fsp3) is 0.632. The van der Waals surface area contributed by atoms with Crippen molar-refractivity contribution in [2.75, 3.05) is 0 Å². The number of halogens is 3. The quantitative estimate of drug-likeness (QED) is 0.537. The van der Waals surface area contributed by atoms with Crippen LogP contribution in [0.5, 0.6) is 0 Å². The van der Waals surface area contributed by atoms with Crippen LogP contribution in [-0.2, 0) is 4.79 Å². The Labute approximate surface area is 140 Å². The van der Waals surface area contributed by atoms with Crippen LogP contribution in [0.15, 0.2) is 12.1 Å². The molecule has 3 unspecified atom stereocenters. The summed E-state index contributed by atoms with van der Waals surface area (Å²) in [6.45, 7) is 0. The number of carbonyl (C=O) groups excluding carboxylic acids is 1. The van der Waals surface area contributed by atoms with Gasteiger partial charge in [0.15, 0.2) is 17.5 Å². The topological polar surface area (TPSA) is 17.1 Å². The maximum absolute atomic E-state index is 13.5. The highest BCUT2D eigenvalue weighted by Crippen LogP contribution is 2.43. The van der Waals surface area contributed by atoms with Gasteiger partial charge >= 0.3 is 0 Å². The third-order valence-corrected chi connectivity index (χ3v) is 5.23. The van der Waals surface area contributed by atoms with Gasteiger partial charge in [0.1, 0.15) is 6.29 Å². The van der Waals surface area contributed by atoms with Gasteiger partial charge < -0.3 is 4.79 Å². The second-order valence-corrected chi connectivity index (χ2v) is 6.57. The zero-order chi connectivity index (χ0) is 20.0. The van der Waals surface area contributed by atoms with Crippen LogP contribution in [0, 0.1) is 35.2 Å². The van der Waals surface area contributed by atoms with Crippen molar-refractivity contribution in [3.05, 3.63) is 35.1 Å². The van der Waals surface area contributed by atoms with E-state index in [9.17, 15) is 18.0 Å². The molecule has 1 aromatic carbocycles. The van der Waals surface area contributed by atoms with E-state index < -0.39 is 36.1 Å². The predicted octanol–water partition coefficient (Wildman–Crippen LogP) is 5.38. The molecule has 0 N–H and O–H groups in total. The minimum Gasteiger partial charge on any atom is -0.303 e. The van der Waals surface area contributed by atoms with Crippen molar-refractivity contribution < 1.29 is 23.4 Å². The molecule has 0 radical (unpaired) electrons. The van der Waals surface area contributed by atoms with E-state index in [0.717, 1.165) is 12.1 Å². The SMILES string of the molecule is [2H]C1C(C2CCC(c3cc(F)c(F)c(F)c3)CC2)CCC([2H])(C=O)C1([2H])[2H]. The van der Waals surface area contributed by atoms with Crippen LogP contribution in [0.3, 0.4) is 0 Å². The van der Waals surface area contributed by atoms with Crippen LogP contribution in [0.2, 0.25) is 0 Å². The Hall–Kier alpha value is -1.32. The summed E-state index contributed by atoms with van der Waals surface area (Å²) in [6.07, 6.45) is 0.0968. The average Bonchev–Trinajstić information content (AvgIpc) is 2.64. The van der Waals surface area contributed by atoms with Crippen molar-refractivity contribution in [3.63, 3.8) is 0 Å². The summed E-state index contributed by atoms with van der Waals surface area (Å²) in [5.74, 6) is -6.01. The van der Waals surface area contributed by atoms with Crippen LogP contribution in [0.4, 0.5) is 13.2 Å². The van der Waals surface area contributed by atoms with Gasteiger partial charge in [-0.25, -0.2) is 13.2 Å². The highest BCUT2D eigenvalue weighted by Gasteiger charge is 2.31. The maximum atomic E-state index is 13.5. The van der Waals surface area contributed by atoms with Crippen molar-refractivity contribution in [1.29, 1.82) is 0 Å². The van der Waals surface area contributed by atoms with Gasteiger partial charge in [0.2, 0.25) is 0 Å². The minimum absolute atomic E-state index is 0.0742. The van der Waals surface area contributed by atoms with E-state index in [0.29, 0.717) is 44.0 Å². The molecule has 2 aliphatic rings. The first-order chi connectivity index (χ1) is 12.6. The lowest BCUT2D eigenvalue weighted by atomic mass is 9.68. The Kier molecular flexibility index (Phi) is 3.71. The zero-order valence-corrected chi connectivity index (χ0v) is 12.8. The largest absolute Gasteiger partial charge is 0.303 e. The van der Waals surface area contributed by atoms with Crippen molar-refractivity contribution in [3.8, 4) is 0 Å². The number of aldehydes is 1. The Morgan fingerprint density at radius 1 is 1.00 bits per heavy atom. The van der Waals surface area contributed by atoms with Crippen molar-refractivity contribution in [2.24, 2.45) is 17.7 Å². The van der Waals surface area contributed by atoms with Gasteiger partial charge in [-0.2, -0.15) is 0 Å². The molecule has 0 amide bonds. The van der Waals surface area contributed by atoms with E-state index in [1.807, 2.05) is 0 Å². The van der Waals surface area contributed by atoms with Gasteiger partial charge in [0, 0.05) is 11.4 Å². The number of carbonyl (C=O) groups is 1. The summed E-state index contributed by atoms with van der Waals surface area (Å²) < 4.78 is 72.7. The summed E-state index contributed by atoms with van der Waals surface area (Å²) in [4.78, 5) is 11.2. The molecule has 3 atom stereocenters. The van der Waals surface area contributed by atoms with Crippen molar-refractivity contribution >= 4 is 6.29 Å². The first-order valence-electron chi connectivity index (χ1n) is 10.2. The minimum atomic E-state index is -2.21. The monoisotopic (exact) mass is 328 g/mol.